The molecule has 0 unspecified atom stereocenters. The molecule has 0 saturated heterocycles. The average molecular weight is 843 g/mol. The topological polar surface area (TPSA) is 38.9 Å². The van der Waals surface area contributed by atoms with Crippen LogP contribution in [0.15, 0.2) is 223 Å². The Labute approximate surface area is 383 Å². The van der Waals surface area contributed by atoms with Crippen molar-refractivity contribution in [2.45, 2.75) is 19.3 Å². The van der Waals surface area contributed by atoms with Gasteiger partial charge in [0.2, 0.25) is 0 Å². The molecule has 0 bridgehead atoms. The molecule has 0 N–H and O–H groups in total. The molecule has 0 atom stereocenters. The van der Waals surface area contributed by atoms with Crippen molar-refractivity contribution >= 4 is 43.5 Å². The van der Waals surface area contributed by atoms with Gasteiger partial charge in [-0.1, -0.05) is 208 Å². The van der Waals surface area contributed by atoms with Gasteiger partial charge in [-0.15, -0.1) is 0 Å². The highest BCUT2D eigenvalue weighted by Gasteiger charge is 2.37. The number of para-hydroxylation sites is 2. The predicted molar refractivity (Wildman–Crippen MR) is 275 cm³/mol. The number of furan rings is 1. The first-order valence-corrected chi connectivity index (χ1v) is 22.7. The van der Waals surface area contributed by atoms with Crippen LogP contribution in [0.5, 0.6) is 0 Å². The Morgan fingerprint density at radius 1 is 0.348 bits per heavy atom. The van der Waals surface area contributed by atoms with E-state index in [0.717, 1.165) is 88.6 Å². The van der Waals surface area contributed by atoms with Gasteiger partial charge in [-0.3, -0.25) is 0 Å². The number of fused-ring (bicyclic) bond motifs is 8. The highest BCUT2D eigenvalue weighted by molar-refractivity contribution is 6.10. The van der Waals surface area contributed by atoms with Crippen LogP contribution in [0.25, 0.3) is 122 Å². The molecule has 0 saturated carbocycles. The van der Waals surface area contributed by atoms with Crippen LogP contribution >= 0.6 is 0 Å². The third-order valence-corrected chi connectivity index (χ3v) is 13.9. The smallest absolute Gasteiger partial charge is 0.160 e. The van der Waals surface area contributed by atoms with Crippen LogP contribution in [0.3, 0.4) is 0 Å². The van der Waals surface area contributed by atoms with Crippen molar-refractivity contribution in [1.29, 1.82) is 0 Å². The van der Waals surface area contributed by atoms with E-state index >= 15 is 0 Å². The SMILES string of the molecule is CC1(C)c2cc3ccccc3cc2-c2c(-c3ccc4ccccc4c3-c3cc(-c4ccccc4-c4ccc(-c5cccc6c5oc5ccccc56)cc4)nc(-c4ccccc4)n3)cccc21. The molecule has 3 heteroatoms. The van der Waals surface area contributed by atoms with E-state index in [1.54, 1.807) is 0 Å². The predicted octanol–water partition coefficient (Wildman–Crippen LogP) is 17.0. The van der Waals surface area contributed by atoms with Crippen molar-refractivity contribution < 1.29 is 4.42 Å². The summed E-state index contributed by atoms with van der Waals surface area (Å²) >= 11 is 0. The molecule has 66 heavy (non-hydrogen) atoms. The summed E-state index contributed by atoms with van der Waals surface area (Å²) in [6, 6.07) is 78.4. The lowest BCUT2D eigenvalue weighted by Gasteiger charge is -2.22. The van der Waals surface area contributed by atoms with E-state index in [1.807, 2.05) is 18.2 Å². The number of rotatable bonds is 6. The first-order chi connectivity index (χ1) is 32.5. The van der Waals surface area contributed by atoms with Gasteiger partial charge < -0.3 is 4.42 Å². The fraction of sp³-hybridized carbons (Fsp3) is 0.0476. The average Bonchev–Trinajstić information content (AvgIpc) is 3.87. The van der Waals surface area contributed by atoms with Crippen molar-refractivity contribution in [1.82, 2.24) is 9.97 Å². The maximum atomic E-state index is 6.44. The van der Waals surface area contributed by atoms with Crippen molar-refractivity contribution in [3.63, 3.8) is 0 Å². The van der Waals surface area contributed by atoms with E-state index in [2.05, 4.69) is 214 Å². The van der Waals surface area contributed by atoms with E-state index in [4.69, 9.17) is 14.4 Å². The van der Waals surface area contributed by atoms with Crippen LogP contribution < -0.4 is 0 Å². The fourth-order valence-electron chi connectivity index (χ4n) is 10.7. The molecular weight excluding hydrogens is 801 g/mol. The van der Waals surface area contributed by atoms with Crippen LogP contribution in [0.4, 0.5) is 0 Å². The Kier molecular flexibility index (Phi) is 8.56. The molecule has 0 spiro atoms. The molecule has 1 aliphatic rings. The van der Waals surface area contributed by atoms with Crippen molar-refractivity contribution in [3.05, 3.63) is 230 Å². The summed E-state index contributed by atoms with van der Waals surface area (Å²) in [5.74, 6) is 0.683. The molecule has 0 radical (unpaired) electrons. The van der Waals surface area contributed by atoms with Gasteiger partial charge in [-0.2, -0.15) is 0 Å². The number of aromatic nitrogens is 2. The Balaban J connectivity index is 1.00. The Hall–Kier alpha value is -8.40. The first kappa shape index (κ1) is 38.1. The summed E-state index contributed by atoms with van der Waals surface area (Å²) in [4.78, 5) is 10.9. The van der Waals surface area contributed by atoms with Gasteiger partial charge in [-0.05, 0) is 95.9 Å². The zero-order chi connectivity index (χ0) is 43.9. The molecule has 310 valence electrons. The van der Waals surface area contributed by atoms with E-state index < -0.39 is 0 Å². The zero-order valence-corrected chi connectivity index (χ0v) is 36.6. The number of hydrogen-bond donors (Lipinski definition) is 0. The molecule has 3 nitrogen and oxygen atoms in total. The van der Waals surface area contributed by atoms with Gasteiger partial charge in [0, 0.05) is 38.4 Å². The minimum atomic E-state index is -0.174. The maximum absolute atomic E-state index is 6.44. The number of hydrogen-bond acceptors (Lipinski definition) is 3. The van der Waals surface area contributed by atoms with Crippen molar-refractivity contribution in [2.24, 2.45) is 0 Å². The molecule has 1 aliphatic carbocycles. The van der Waals surface area contributed by atoms with E-state index in [-0.39, 0.29) is 5.41 Å². The quantitative estimate of drug-likeness (QED) is 0.167. The fourth-order valence-corrected chi connectivity index (χ4v) is 10.7. The second kappa shape index (κ2) is 14.8. The summed E-state index contributed by atoms with van der Waals surface area (Å²) in [7, 11) is 0. The largest absolute Gasteiger partial charge is 0.455 e. The summed E-state index contributed by atoms with van der Waals surface area (Å²) in [5.41, 5.74) is 18.5. The normalized spacial score (nSPS) is 12.8. The Morgan fingerprint density at radius 2 is 0.939 bits per heavy atom. The lowest BCUT2D eigenvalue weighted by molar-refractivity contribution is 0.661. The van der Waals surface area contributed by atoms with Gasteiger partial charge >= 0.3 is 0 Å². The highest BCUT2D eigenvalue weighted by Crippen LogP contribution is 2.54. The second-order valence-corrected chi connectivity index (χ2v) is 18.0. The van der Waals surface area contributed by atoms with Gasteiger partial charge in [-0.25, -0.2) is 9.97 Å². The minimum absolute atomic E-state index is 0.174. The van der Waals surface area contributed by atoms with Crippen LogP contribution in [0.1, 0.15) is 25.0 Å². The molecule has 12 aromatic rings. The van der Waals surface area contributed by atoms with E-state index in [1.165, 1.54) is 38.6 Å². The molecule has 0 aliphatic heterocycles. The third-order valence-electron chi connectivity index (χ3n) is 13.9. The highest BCUT2D eigenvalue weighted by atomic mass is 16.3. The van der Waals surface area contributed by atoms with Crippen LogP contribution in [0, 0.1) is 0 Å². The molecule has 0 fully saturated rings. The van der Waals surface area contributed by atoms with Gasteiger partial charge in [0.05, 0.1) is 11.4 Å². The van der Waals surface area contributed by atoms with Gasteiger partial charge in [0.1, 0.15) is 11.2 Å². The van der Waals surface area contributed by atoms with Crippen LogP contribution in [-0.2, 0) is 5.41 Å². The number of benzene rings is 10. The summed E-state index contributed by atoms with van der Waals surface area (Å²) < 4.78 is 6.44. The lowest BCUT2D eigenvalue weighted by Crippen LogP contribution is -2.14. The first-order valence-electron chi connectivity index (χ1n) is 22.7. The molecule has 10 aromatic carbocycles. The van der Waals surface area contributed by atoms with Gasteiger partial charge in [0.25, 0.3) is 0 Å². The molecular formula is C63H42N2O. The van der Waals surface area contributed by atoms with E-state index in [9.17, 15) is 0 Å². The Bertz CT molecular complexity index is 3900. The molecule has 13 rings (SSSR count). The van der Waals surface area contributed by atoms with Gasteiger partial charge in [0.15, 0.2) is 5.82 Å². The third kappa shape index (κ3) is 5.97. The molecule has 2 heterocycles. The summed E-state index contributed by atoms with van der Waals surface area (Å²) in [6.07, 6.45) is 0. The lowest BCUT2D eigenvalue weighted by atomic mass is 9.81. The molecule has 0 amide bonds. The zero-order valence-electron chi connectivity index (χ0n) is 36.6. The Morgan fingerprint density at radius 3 is 1.76 bits per heavy atom. The van der Waals surface area contributed by atoms with Crippen molar-refractivity contribution in [3.8, 4) is 78.4 Å². The summed E-state index contributed by atoms with van der Waals surface area (Å²) in [6.45, 7) is 4.74. The number of nitrogens with zero attached hydrogens (tertiary/aromatic N) is 2. The standard InChI is InChI=1S/C63H42N2O/c1-63(2)54-28-15-26-50(59(54)53-36-43-19-6-7-20-44(43)37-55(53)63)51-35-34-39-16-8-9-22-46(39)60(51)57-38-56(64-62(65-57)42-17-4-3-5-18-42)48-23-11-10-21-45(48)40-30-32-41(33-31-40)47-25-14-27-52-49-24-12-13-29-58(49)66-61(47)52/h3-38H,1-2H3. The van der Waals surface area contributed by atoms with E-state index in [0.29, 0.717) is 5.82 Å². The molecule has 2 aromatic heterocycles. The van der Waals surface area contributed by atoms with Crippen molar-refractivity contribution in [2.75, 3.05) is 0 Å². The van der Waals surface area contributed by atoms with Crippen LogP contribution in [-0.4, -0.2) is 9.97 Å². The summed E-state index contributed by atoms with van der Waals surface area (Å²) in [5, 5.41) is 7.08. The maximum Gasteiger partial charge on any atom is 0.160 e. The minimum Gasteiger partial charge on any atom is -0.455 e. The van der Waals surface area contributed by atoms with Crippen LogP contribution in [0.2, 0.25) is 0 Å². The second-order valence-electron chi connectivity index (χ2n) is 18.0. The monoisotopic (exact) mass is 842 g/mol.